The highest BCUT2D eigenvalue weighted by Gasteiger charge is 2.29. The van der Waals surface area contributed by atoms with E-state index < -0.39 is 5.60 Å². The molecule has 0 unspecified atom stereocenters. The van der Waals surface area contributed by atoms with Crippen LogP contribution in [0, 0.1) is 5.92 Å². The second-order valence-corrected chi connectivity index (χ2v) is 9.89. The van der Waals surface area contributed by atoms with Crippen LogP contribution in [0.25, 0.3) is 22.2 Å². The Balaban J connectivity index is 1.95. The molecule has 3 aromatic rings. The van der Waals surface area contributed by atoms with Crippen molar-refractivity contribution in [2.45, 2.75) is 52.7 Å². The number of imidazole rings is 1. The van der Waals surface area contributed by atoms with Crippen LogP contribution >= 0.6 is 0 Å². The minimum atomic E-state index is -0.549. The van der Waals surface area contributed by atoms with E-state index in [1.807, 2.05) is 58.1 Å². The van der Waals surface area contributed by atoms with Gasteiger partial charge >= 0.3 is 6.09 Å². The molecule has 0 saturated carbocycles. The Kier molecular flexibility index (Phi) is 6.77. The normalized spacial score (nSPS) is 12.8. The Labute approximate surface area is 190 Å². The van der Waals surface area contributed by atoms with Gasteiger partial charge in [0.25, 0.3) is 0 Å². The first-order valence-electron chi connectivity index (χ1n) is 11.0. The maximum atomic E-state index is 12.7. The molecule has 1 aromatic carbocycles. The molecule has 0 saturated heterocycles. The van der Waals surface area contributed by atoms with E-state index in [0.29, 0.717) is 5.92 Å². The van der Waals surface area contributed by atoms with Crippen molar-refractivity contribution < 1.29 is 9.53 Å². The smallest absolute Gasteiger partial charge is 0.410 e. The number of rotatable bonds is 6. The lowest BCUT2D eigenvalue weighted by Crippen LogP contribution is -2.37. The first-order valence-corrected chi connectivity index (χ1v) is 11.0. The van der Waals surface area contributed by atoms with E-state index in [1.54, 1.807) is 11.9 Å². The van der Waals surface area contributed by atoms with Crippen molar-refractivity contribution in [2.24, 2.45) is 5.92 Å². The number of aromatic amines is 1. The van der Waals surface area contributed by atoms with Gasteiger partial charge in [0, 0.05) is 27.3 Å². The number of amides is 1. The van der Waals surface area contributed by atoms with Crippen LogP contribution in [-0.4, -0.2) is 52.7 Å². The van der Waals surface area contributed by atoms with E-state index in [0.717, 1.165) is 40.2 Å². The van der Waals surface area contributed by atoms with Crippen LogP contribution in [0.1, 0.15) is 52.9 Å². The number of ether oxygens (including phenoxy) is 1. The van der Waals surface area contributed by atoms with Crippen molar-refractivity contribution in [2.75, 3.05) is 26.0 Å². The summed E-state index contributed by atoms with van der Waals surface area (Å²) < 4.78 is 5.60. The highest BCUT2D eigenvalue weighted by atomic mass is 16.6. The quantitative estimate of drug-likeness (QED) is 0.540. The number of carbonyl (C=O) groups excluding carboxylic acids is 1. The summed E-state index contributed by atoms with van der Waals surface area (Å²) in [6.45, 7) is 9.91. The second kappa shape index (κ2) is 9.18. The van der Waals surface area contributed by atoms with E-state index in [1.165, 1.54) is 0 Å². The van der Waals surface area contributed by atoms with Crippen LogP contribution < -0.4 is 4.90 Å². The lowest BCUT2D eigenvalue weighted by Gasteiger charge is -2.30. The molecule has 172 valence electrons. The van der Waals surface area contributed by atoms with Crippen molar-refractivity contribution in [1.82, 2.24) is 19.9 Å². The van der Waals surface area contributed by atoms with Gasteiger partial charge in [0.15, 0.2) is 0 Å². The van der Waals surface area contributed by atoms with Crippen LogP contribution in [-0.2, 0) is 4.74 Å². The zero-order valence-electron chi connectivity index (χ0n) is 20.4. The molecule has 1 N–H and O–H groups in total. The average molecular weight is 438 g/mol. The monoisotopic (exact) mass is 437 g/mol. The van der Waals surface area contributed by atoms with Crippen LogP contribution in [0.2, 0.25) is 0 Å². The van der Waals surface area contributed by atoms with Gasteiger partial charge in [0.1, 0.15) is 17.2 Å². The van der Waals surface area contributed by atoms with E-state index in [9.17, 15) is 4.79 Å². The summed E-state index contributed by atoms with van der Waals surface area (Å²) in [4.78, 5) is 29.1. The van der Waals surface area contributed by atoms with Crippen LogP contribution in [0.5, 0.6) is 0 Å². The van der Waals surface area contributed by atoms with E-state index in [4.69, 9.17) is 9.72 Å². The molecule has 1 amide bonds. The molecule has 3 rings (SSSR count). The Morgan fingerprint density at radius 2 is 1.78 bits per heavy atom. The summed E-state index contributed by atoms with van der Waals surface area (Å²) in [6, 6.07) is 10.0. The van der Waals surface area contributed by atoms with E-state index >= 15 is 0 Å². The second-order valence-electron chi connectivity index (χ2n) is 9.89. The lowest BCUT2D eigenvalue weighted by molar-refractivity contribution is 0.0194. The van der Waals surface area contributed by atoms with Crippen LogP contribution in [0.3, 0.4) is 0 Å². The fourth-order valence-corrected chi connectivity index (χ4v) is 3.57. The molecule has 0 aliphatic heterocycles. The summed E-state index contributed by atoms with van der Waals surface area (Å²) in [6.07, 6.45) is 2.25. The first-order chi connectivity index (χ1) is 14.9. The predicted molar refractivity (Wildman–Crippen MR) is 130 cm³/mol. The predicted octanol–water partition coefficient (Wildman–Crippen LogP) is 5.65. The Bertz CT molecular complexity index is 1080. The van der Waals surface area contributed by atoms with Crippen molar-refractivity contribution >= 4 is 22.9 Å². The van der Waals surface area contributed by atoms with Crippen LogP contribution in [0.4, 0.5) is 10.6 Å². The molecule has 0 fully saturated rings. The number of H-pyrrole nitrogens is 1. The Morgan fingerprint density at radius 1 is 1.09 bits per heavy atom. The van der Waals surface area contributed by atoms with Gasteiger partial charge < -0.3 is 19.5 Å². The molecular weight excluding hydrogens is 402 g/mol. The van der Waals surface area contributed by atoms with Crippen molar-refractivity contribution in [3.8, 4) is 11.1 Å². The molecule has 32 heavy (non-hydrogen) atoms. The molecular formula is C25H35N5O2. The maximum absolute atomic E-state index is 12.7. The number of pyridine rings is 1. The number of anilines is 1. The standard InChI is InChI=1S/C25H35N5O2/c1-16(2)13-21(30(8)24(31)32-25(3,4)5)23-27-19-10-9-17(14-20(19)28-23)18-11-12-26-22(15-18)29(6)7/h9-12,14-16,21H,13H2,1-8H3,(H,27,28)/t21-/m1/s1. The average Bonchev–Trinajstić information content (AvgIpc) is 3.13. The fraction of sp³-hybridized carbons (Fsp3) is 0.480. The Hall–Kier alpha value is -3.09. The summed E-state index contributed by atoms with van der Waals surface area (Å²) in [5.41, 5.74) is 3.41. The van der Waals surface area contributed by atoms with Gasteiger partial charge in [-0.1, -0.05) is 19.9 Å². The minimum Gasteiger partial charge on any atom is -0.444 e. The van der Waals surface area contributed by atoms with Gasteiger partial charge in [-0.2, -0.15) is 0 Å². The molecule has 0 bridgehead atoms. The largest absolute Gasteiger partial charge is 0.444 e. The van der Waals surface area contributed by atoms with Gasteiger partial charge in [-0.15, -0.1) is 0 Å². The number of hydrogen-bond acceptors (Lipinski definition) is 5. The topological polar surface area (TPSA) is 74.4 Å². The third-order valence-corrected chi connectivity index (χ3v) is 5.20. The summed E-state index contributed by atoms with van der Waals surface area (Å²) in [7, 11) is 5.73. The molecule has 0 spiro atoms. The first kappa shape index (κ1) is 23.6. The van der Waals surface area contributed by atoms with Gasteiger partial charge in [0.2, 0.25) is 0 Å². The van der Waals surface area contributed by atoms with Crippen molar-refractivity contribution in [3.05, 3.63) is 42.4 Å². The number of aromatic nitrogens is 3. The number of carbonyl (C=O) groups is 1. The SMILES string of the molecule is CC(C)C[C@H](c1nc2cc(-c3ccnc(N(C)C)c3)ccc2[nH]1)N(C)C(=O)OC(C)(C)C. The van der Waals surface area contributed by atoms with Gasteiger partial charge in [-0.25, -0.2) is 14.8 Å². The summed E-state index contributed by atoms with van der Waals surface area (Å²) >= 11 is 0. The summed E-state index contributed by atoms with van der Waals surface area (Å²) in [5, 5.41) is 0. The minimum absolute atomic E-state index is 0.207. The third kappa shape index (κ3) is 5.58. The lowest BCUT2D eigenvalue weighted by atomic mass is 10.0. The highest BCUT2D eigenvalue weighted by molar-refractivity contribution is 5.82. The van der Waals surface area contributed by atoms with Crippen LogP contribution in [0.15, 0.2) is 36.5 Å². The molecule has 7 heteroatoms. The zero-order chi connectivity index (χ0) is 23.6. The van der Waals surface area contributed by atoms with Gasteiger partial charge in [-0.3, -0.25) is 0 Å². The number of nitrogens with zero attached hydrogens (tertiary/aromatic N) is 4. The number of nitrogens with one attached hydrogen (secondary N) is 1. The van der Waals surface area contributed by atoms with E-state index in [-0.39, 0.29) is 12.1 Å². The summed E-state index contributed by atoms with van der Waals surface area (Å²) in [5.74, 6) is 2.05. The Morgan fingerprint density at radius 3 is 2.41 bits per heavy atom. The van der Waals surface area contributed by atoms with Crippen molar-refractivity contribution in [3.63, 3.8) is 0 Å². The highest BCUT2D eigenvalue weighted by Crippen LogP contribution is 2.30. The molecule has 1 atom stereocenters. The van der Waals surface area contributed by atoms with Crippen molar-refractivity contribution in [1.29, 1.82) is 0 Å². The maximum Gasteiger partial charge on any atom is 0.410 e. The molecule has 0 aliphatic carbocycles. The number of benzene rings is 1. The number of fused-ring (bicyclic) bond motifs is 1. The fourth-order valence-electron chi connectivity index (χ4n) is 3.57. The number of hydrogen-bond donors (Lipinski definition) is 1. The zero-order valence-corrected chi connectivity index (χ0v) is 20.4. The molecule has 0 radical (unpaired) electrons. The molecule has 2 heterocycles. The molecule has 2 aromatic heterocycles. The molecule has 7 nitrogen and oxygen atoms in total. The van der Waals surface area contributed by atoms with Gasteiger partial charge in [0.05, 0.1) is 17.1 Å². The van der Waals surface area contributed by atoms with E-state index in [2.05, 4.69) is 42.0 Å². The third-order valence-electron chi connectivity index (χ3n) is 5.20. The molecule has 0 aliphatic rings. The van der Waals surface area contributed by atoms with Gasteiger partial charge in [-0.05, 0) is 68.5 Å².